The van der Waals surface area contributed by atoms with E-state index in [0.717, 1.165) is 5.56 Å². The van der Waals surface area contributed by atoms with Crippen molar-refractivity contribution in [2.75, 3.05) is 6.54 Å². The number of tetrazole rings is 1. The zero-order chi connectivity index (χ0) is 16.7. The lowest BCUT2D eigenvalue weighted by Crippen LogP contribution is -2.37. The van der Waals surface area contributed by atoms with E-state index in [1.54, 1.807) is 6.92 Å². The predicted molar refractivity (Wildman–Crippen MR) is 81.2 cm³/mol. The molecule has 8 nitrogen and oxygen atoms in total. The van der Waals surface area contributed by atoms with E-state index in [-0.39, 0.29) is 5.91 Å². The molecule has 0 unspecified atom stereocenters. The van der Waals surface area contributed by atoms with Gasteiger partial charge in [0.15, 0.2) is 12.1 Å². The van der Waals surface area contributed by atoms with Crippen LogP contribution in [0.4, 0.5) is 0 Å². The van der Waals surface area contributed by atoms with Gasteiger partial charge in [-0.05, 0) is 29.8 Å². The minimum Gasteiger partial charge on any atom is -0.451 e. The summed E-state index contributed by atoms with van der Waals surface area (Å²) in [5.74, 6) is -0.893. The standard InChI is InChI=1S/C15H19N5O3/c1-3-16-14(21)11(2)23-15(22)13(20-10-17-18-19-20)9-12-7-5-4-6-8-12/h4-8,10-11,13H,3,9H2,1-2H3,(H,16,21)/t11-,13-/m0/s1. The number of benzene rings is 1. The van der Waals surface area contributed by atoms with E-state index in [4.69, 9.17) is 4.74 Å². The molecular weight excluding hydrogens is 298 g/mol. The van der Waals surface area contributed by atoms with E-state index < -0.39 is 18.1 Å². The molecule has 2 aromatic rings. The van der Waals surface area contributed by atoms with Crippen LogP contribution in [-0.4, -0.2) is 44.7 Å². The molecule has 23 heavy (non-hydrogen) atoms. The summed E-state index contributed by atoms with van der Waals surface area (Å²) in [6.07, 6.45) is 0.843. The summed E-state index contributed by atoms with van der Waals surface area (Å²) in [5.41, 5.74) is 0.940. The first-order valence-electron chi connectivity index (χ1n) is 7.36. The molecule has 0 aliphatic carbocycles. The van der Waals surface area contributed by atoms with Gasteiger partial charge in [0.1, 0.15) is 6.33 Å². The molecular formula is C15H19N5O3. The molecule has 0 aliphatic heterocycles. The Labute approximate surface area is 133 Å². The zero-order valence-electron chi connectivity index (χ0n) is 13.0. The Morgan fingerprint density at radius 1 is 1.30 bits per heavy atom. The molecule has 0 spiro atoms. The van der Waals surface area contributed by atoms with Crippen molar-refractivity contribution in [1.82, 2.24) is 25.5 Å². The molecule has 1 aromatic heterocycles. The van der Waals surface area contributed by atoms with Crippen molar-refractivity contribution in [2.24, 2.45) is 0 Å². The van der Waals surface area contributed by atoms with Gasteiger partial charge in [0.25, 0.3) is 5.91 Å². The minimum atomic E-state index is -0.878. The Hall–Kier alpha value is -2.77. The van der Waals surface area contributed by atoms with E-state index in [1.165, 1.54) is 17.9 Å². The van der Waals surface area contributed by atoms with Crippen LogP contribution >= 0.6 is 0 Å². The molecule has 0 aliphatic rings. The highest BCUT2D eigenvalue weighted by molar-refractivity contribution is 5.84. The van der Waals surface area contributed by atoms with Crippen LogP contribution in [0.1, 0.15) is 25.5 Å². The van der Waals surface area contributed by atoms with Crippen LogP contribution in [0.15, 0.2) is 36.7 Å². The molecule has 0 fully saturated rings. The van der Waals surface area contributed by atoms with Gasteiger partial charge in [-0.2, -0.15) is 0 Å². The fourth-order valence-electron chi connectivity index (χ4n) is 2.06. The van der Waals surface area contributed by atoms with E-state index in [1.807, 2.05) is 30.3 Å². The van der Waals surface area contributed by atoms with Gasteiger partial charge in [-0.15, -0.1) is 5.10 Å². The highest BCUT2D eigenvalue weighted by Crippen LogP contribution is 2.15. The van der Waals surface area contributed by atoms with Crippen molar-refractivity contribution in [3.05, 3.63) is 42.2 Å². The first kappa shape index (κ1) is 16.6. The molecule has 2 rings (SSSR count). The average Bonchev–Trinajstić information content (AvgIpc) is 3.07. The van der Waals surface area contributed by atoms with Crippen molar-refractivity contribution < 1.29 is 14.3 Å². The lowest BCUT2D eigenvalue weighted by molar-refractivity contribution is -0.158. The third-order valence-electron chi connectivity index (χ3n) is 3.24. The molecule has 1 amide bonds. The van der Waals surface area contributed by atoms with Crippen LogP contribution < -0.4 is 5.32 Å². The Bertz CT molecular complexity index is 630. The number of ether oxygens (including phenoxy) is 1. The fourth-order valence-corrected chi connectivity index (χ4v) is 2.06. The van der Waals surface area contributed by atoms with Crippen molar-refractivity contribution in [2.45, 2.75) is 32.4 Å². The van der Waals surface area contributed by atoms with E-state index >= 15 is 0 Å². The molecule has 1 heterocycles. The van der Waals surface area contributed by atoms with Crippen LogP contribution in [0.5, 0.6) is 0 Å². The smallest absolute Gasteiger partial charge is 0.332 e. The van der Waals surface area contributed by atoms with E-state index in [9.17, 15) is 9.59 Å². The molecule has 0 saturated carbocycles. The number of hydrogen-bond acceptors (Lipinski definition) is 6. The summed E-state index contributed by atoms with van der Waals surface area (Å²) in [4.78, 5) is 24.2. The molecule has 0 saturated heterocycles. The van der Waals surface area contributed by atoms with Gasteiger partial charge in [-0.25, -0.2) is 9.48 Å². The Balaban J connectivity index is 2.11. The molecule has 1 aromatic carbocycles. The third-order valence-corrected chi connectivity index (χ3v) is 3.24. The average molecular weight is 317 g/mol. The Morgan fingerprint density at radius 2 is 2.04 bits per heavy atom. The number of rotatable bonds is 7. The third kappa shape index (κ3) is 4.60. The van der Waals surface area contributed by atoms with Crippen molar-refractivity contribution in [1.29, 1.82) is 0 Å². The summed E-state index contributed by atoms with van der Waals surface area (Å²) >= 11 is 0. The Kier molecular flexibility index (Phi) is 5.79. The number of carbonyl (C=O) groups is 2. The van der Waals surface area contributed by atoms with Gasteiger partial charge >= 0.3 is 5.97 Å². The van der Waals surface area contributed by atoms with Crippen LogP contribution in [0.3, 0.4) is 0 Å². The molecule has 2 atom stereocenters. The minimum absolute atomic E-state index is 0.337. The zero-order valence-corrected chi connectivity index (χ0v) is 13.0. The predicted octanol–water partition coefficient (Wildman–Crippen LogP) is 0.525. The number of hydrogen-bond donors (Lipinski definition) is 1. The second-order valence-electron chi connectivity index (χ2n) is 4.97. The summed E-state index contributed by atoms with van der Waals surface area (Å²) in [5, 5.41) is 13.5. The molecule has 8 heteroatoms. The van der Waals surface area contributed by atoms with Gasteiger partial charge in [-0.3, -0.25) is 4.79 Å². The maximum Gasteiger partial charge on any atom is 0.332 e. The quantitative estimate of drug-likeness (QED) is 0.748. The largest absolute Gasteiger partial charge is 0.451 e. The monoisotopic (exact) mass is 317 g/mol. The SMILES string of the molecule is CCNC(=O)[C@H](C)OC(=O)[C@H](Cc1ccccc1)n1cnnn1. The van der Waals surface area contributed by atoms with Crippen LogP contribution in [0.2, 0.25) is 0 Å². The van der Waals surface area contributed by atoms with Gasteiger partial charge in [-0.1, -0.05) is 30.3 Å². The molecule has 0 bridgehead atoms. The number of nitrogens with one attached hydrogen (secondary N) is 1. The Morgan fingerprint density at radius 3 is 2.65 bits per heavy atom. The summed E-state index contributed by atoms with van der Waals surface area (Å²) in [6.45, 7) is 3.80. The van der Waals surface area contributed by atoms with Gasteiger partial charge in [0, 0.05) is 13.0 Å². The van der Waals surface area contributed by atoms with Crippen molar-refractivity contribution in [3.63, 3.8) is 0 Å². The fraction of sp³-hybridized carbons (Fsp3) is 0.400. The van der Waals surface area contributed by atoms with Crippen LogP contribution in [0.25, 0.3) is 0 Å². The highest BCUT2D eigenvalue weighted by atomic mass is 16.5. The van der Waals surface area contributed by atoms with Gasteiger partial charge in [0.05, 0.1) is 0 Å². The van der Waals surface area contributed by atoms with Gasteiger partial charge in [0.2, 0.25) is 0 Å². The van der Waals surface area contributed by atoms with Crippen LogP contribution in [0, 0.1) is 0 Å². The van der Waals surface area contributed by atoms with Gasteiger partial charge < -0.3 is 10.1 Å². The second-order valence-corrected chi connectivity index (χ2v) is 4.97. The van der Waals surface area contributed by atoms with Crippen molar-refractivity contribution in [3.8, 4) is 0 Å². The summed E-state index contributed by atoms with van der Waals surface area (Å²) < 4.78 is 6.59. The number of carbonyl (C=O) groups excluding carboxylic acids is 2. The number of amides is 1. The highest BCUT2D eigenvalue weighted by Gasteiger charge is 2.27. The van der Waals surface area contributed by atoms with Crippen LogP contribution in [-0.2, 0) is 20.7 Å². The summed E-state index contributed by atoms with van der Waals surface area (Å²) in [7, 11) is 0. The first-order chi connectivity index (χ1) is 11.1. The maximum absolute atomic E-state index is 12.4. The van der Waals surface area contributed by atoms with E-state index in [2.05, 4.69) is 20.8 Å². The maximum atomic E-state index is 12.4. The molecule has 0 radical (unpaired) electrons. The molecule has 122 valence electrons. The molecule has 1 N–H and O–H groups in total. The topological polar surface area (TPSA) is 99.0 Å². The lowest BCUT2D eigenvalue weighted by atomic mass is 10.1. The van der Waals surface area contributed by atoms with Crippen molar-refractivity contribution >= 4 is 11.9 Å². The van der Waals surface area contributed by atoms with E-state index in [0.29, 0.717) is 13.0 Å². The summed E-state index contributed by atoms with van der Waals surface area (Å²) in [6, 6.07) is 8.73. The second kappa shape index (κ2) is 8.02. The number of aromatic nitrogens is 4. The number of esters is 1. The number of likely N-dealkylation sites (N-methyl/N-ethyl adjacent to an activating group) is 1. The lowest BCUT2D eigenvalue weighted by Gasteiger charge is -2.18. The number of nitrogens with zero attached hydrogens (tertiary/aromatic N) is 4. The normalized spacial score (nSPS) is 13.1. The first-order valence-corrected chi connectivity index (χ1v) is 7.36.